The van der Waals surface area contributed by atoms with Gasteiger partial charge in [-0.3, -0.25) is 5.32 Å². The Morgan fingerprint density at radius 1 is 1.13 bits per heavy atom. The maximum absolute atomic E-state index is 12.4. The molecule has 2 saturated carbocycles. The molecule has 0 aliphatic heterocycles. The number of ether oxygens (including phenoxy) is 2. The molecule has 1 amide bonds. The van der Waals surface area contributed by atoms with Crippen molar-refractivity contribution in [1.82, 2.24) is 14.5 Å². The Morgan fingerprint density at radius 2 is 1.92 bits per heavy atom. The molecule has 1 N–H and O–H groups in total. The van der Waals surface area contributed by atoms with Crippen LogP contribution in [-0.2, 0) is 4.74 Å². The van der Waals surface area contributed by atoms with Gasteiger partial charge >= 0.3 is 12.1 Å². The van der Waals surface area contributed by atoms with Crippen LogP contribution in [0, 0.1) is 24.2 Å². The average molecular weight is 508 g/mol. The van der Waals surface area contributed by atoms with Crippen LogP contribution in [0.3, 0.4) is 0 Å². The molecule has 8 heteroatoms. The molecular weight excluding hydrogens is 478 g/mol. The first-order valence-corrected chi connectivity index (χ1v) is 13.1. The van der Waals surface area contributed by atoms with E-state index in [-0.39, 0.29) is 12.1 Å². The predicted molar refractivity (Wildman–Crippen MR) is 144 cm³/mol. The third kappa shape index (κ3) is 4.56. The van der Waals surface area contributed by atoms with Gasteiger partial charge < -0.3 is 14.0 Å². The number of hydrogen-bond acceptors (Lipinski definition) is 6. The summed E-state index contributed by atoms with van der Waals surface area (Å²) in [5, 5.41) is 14.0. The van der Waals surface area contributed by atoms with Gasteiger partial charge in [-0.2, -0.15) is 5.26 Å². The number of aromatic nitrogens is 3. The lowest BCUT2D eigenvalue weighted by molar-refractivity contribution is 0.108. The van der Waals surface area contributed by atoms with Crippen LogP contribution in [0.2, 0.25) is 0 Å². The molecule has 1 atom stereocenters. The zero-order valence-electron chi connectivity index (χ0n) is 21.5. The molecule has 2 aliphatic rings. The predicted octanol–water partition coefficient (Wildman–Crippen LogP) is 7.14. The minimum absolute atomic E-state index is 0.0749. The second-order valence-corrected chi connectivity index (χ2v) is 10.2. The molecule has 8 nitrogen and oxygen atoms in total. The van der Waals surface area contributed by atoms with Crippen molar-refractivity contribution in [3.8, 4) is 29.1 Å². The number of carbonyl (C=O) groups is 1. The Bertz CT molecular complexity index is 1550. The maximum atomic E-state index is 12.4. The number of rotatable bonds is 7. The van der Waals surface area contributed by atoms with Gasteiger partial charge in [-0.25, -0.2) is 14.8 Å². The van der Waals surface area contributed by atoms with Crippen molar-refractivity contribution in [3.63, 3.8) is 0 Å². The number of aryl methyl sites for hydroxylation is 1. The first-order chi connectivity index (χ1) is 18.5. The van der Waals surface area contributed by atoms with Crippen LogP contribution >= 0.6 is 0 Å². The molecule has 0 unspecified atom stereocenters. The fraction of sp³-hybridized carbons (Fsp3) is 0.333. The Hall–Kier alpha value is -4.38. The molecule has 0 saturated heterocycles. The lowest BCUT2D eigenvalue weighted by Gasteiger charge is -2.30. The van der Waals surface area contributed by atoms with Crippen LogP contribution in [0.25, 0.3) is 22.2 Å². The van der Waals surface area contributed by atoms with Crippen LogP contribution in [0.5, 0.6) is 11.8 Å². The molecule has 0 spiro atoms. The zero-order chi connectivity index (χ0) is 26.2. The van der Waals surface area contributed by atoms with Crippen molar-refractivity contribution in [3.05, 3.63) is 66.0 Å². The number of amides is 1. The van der Waals surface area contributed by atoms with Crippen molar-refractivity contribution in [2.45, 2.75) is 58.1 Å². The highest BCUT2D eigenvalue weighted by Crippen LogP contribution is 2.44. The average Bonchev–Trinajstić information content (AvgIpc) is 3.68. The van der Waals surface area contributed by atoms with Crippen LogP contribution in [0.15, 0.2) is 54.9 Å². The molecule has 192 valence electrons. The molecule has 2 fully saturated rings. The molecule has 0 bridgehead atoms. The zero-order valence-corrected chi connectivity index (χ0v) is 21.5. The van der Waals surface area contributed by atoms with E-state index in [1.807, 2.05) is 50.2 Å². The maximum Gasteiger partial charge on any atom is 0.411 e. The fourth-order valence-electron chi connectivity index (χ4n) is 5.18. The number of nitriles is 1. The summed E-state index contributed by atoms with van der Waals surface area (Å²) in [6.45, 7) is 3.95. The number of carbonyl (C=O) groups excluding carboxylic acids is 1. The Balaban J connectivity index is 1.37. The topological polar surface area (TPSA) is 102 Å². The third-order valence-corrected chi connectivity index (χ3v) is 7.59. The Kier molecular flexibility index (Phi) is 6.20. The van der Waals surface area contributed by atoms with E-state index >= 15 is 0 Å². The molecule has 2 aromatic heterocycles. The van der Waals surface area contributed by atoms with Crippen LogP contribution in [0.4, 0.5) is 10.5 Å². The van der Waals surface area contributed by atoms with E-state index in [9.17, 15) is 10.1 Å². The number of fused-ring (bicyclic) bond motifs is 1. The molecule has 38 heavy (non-hydrogen) atoms. The third-order valence-electron chi connectivity index (χ3n) is 7.59. The molecule has 2 aliphatic carbocycles. The van der Waals surface area contributed by atoms with Crippen molar-refractivity contribution < 1.29 is 14.3 Å². The van der Waals surface area contributed by atoms with Gasteiger partial charge in [-0.1, -0.05) is 6.07 Å². The van der Waals surface area contributed by atoms with E-state index in [1.165, 1.54) is 0 Å². The first kappa shape index (κ1) is 24.0. The molecule has 2 heterocycles. The fourth-order valence-corrected chi connectivity index (χ4v) is 5.18. The quantitative estimate of drug-likeness (QED) is 0.285. The van der Waals surface area contributed by atoms with Crippen LogP contribution in [-0.4, -0.2) is 26.7 Å². The monoisotopic (exact) mass is 507 g/mol. The lowest BCUT2D eigenvalue weighted by atomic mass is 9.91. The summed E-state index contributed by atoms with van der Waals surface area (Å²) in [7, 11) is 0. The SMILES string of the molecule is Cc1cc(NC(=O)O[C@H](C)C2CC2)ccc1-c1c(C#N)c2ccc(Oc3ncccn3)cc2n1C1CCC1. The summed E-state index contributed by atoms with van der Waals surface area (Å²) in [5.74, 6) is 1.10. The van der Waals surface area contributed by atoms with Gasteiger partial charge in [0.25, 0.3) is 0 Å². The Labute approximate surface area is 221 Å². The van der Waals surface area contributed by atoms with Crippen molar-refractivity contribution in [2.75, 3.05) is 5.32 Å². The first-order valence-electron chi connectivity index (χ1n) is 13.1. The van der Waals surface area contributed by atoms with Crippen molar-refractivity contribution in [2.24, 2.45) is 5.92 Å². The van der Waals surface area contributed by atoms with E-state index in [4.69, 9.17) is 9.47 Å². The smallest absolute Gasteiger partial charge is 0.411 e. The van der Waals surface area contributed by atoms with Gasteiger partial charge in [0, 0.05) is 41.1 Å². The molecule has 2 aromatic carbocycles. The minimum atomic E-state index is -0.437. The van der Waals surface area contributed by atoms with E-state index in [1.54, 1.807) is 18.5 Å². The van der Waals surface area contributed by atoms with E-state index in [0.717, 1.165) is 59.8 Å². The highest BCUT2D eigenvalue weighted by Gasteiger charge is 2.31. The van der Waals surface area contributed by atoms with Gasteiger partial charge in [0.05, 0.1) is 16.8 Å². The second kappa shape index (κ2) is 9.82. The highest BCUT2D eigenvalue weighted by atomic mass is 16.6. The van der Waals surface area contributed by atoms with Gasteiger partial charge in [0.1, 0.15) is 17.9 Å². The van der Waals surface area contributed by atoms with Crippen LogP contribution < -0.4 is 10.1 Å². The Morgan fingerprint density at radius 3 is 2.58 bits per heavy atom. The lowest BCUT2D eigenvalue weighted by Crippen LogP contribution is -2.21. The molecular formula is C30H29N5O3. The summed E-state index contributed by atoms with van der Waals surface area (Å²) in [4.78, 5) is 20.7. The number of hydrogen-bond donors (Lipinski definition) is 1. The number of anilines is 1. The minimum Gasteiger partial charge on any atom is -0.446 e. The number of benzene rings is 2. The second-order valence-electron chi connectivity index (χ2n) is 10.2. The molecule has 6 rings (SSSR count). The van der Waals surface area contributed by atoms with Crippen molar-refractivity contribution >= 4 is 22.7 Å². The number of nitrogens with one attached hydrogen (secondary N) is 1. The molecule has 4 aromatic rings. The highest BCUT2D eigenvalue weighted by molar-refractivity contribution is 5.96. The van der Waals surface area contributed by atoms with E-state index in [0.29, 0.717) is 29.0 Å². The number of nitrogens with zero attached hydrogens (tertiary/aromatic N) is 4. The van der Waals surface area contributed by atoms with Crippen molar-refractivity contribution in [1.29, 1.82) is 5.26 Å². The van der Waals surface area contributed by atoms with Gasteiger partial charge in [0.2, 0.25) is 0 Å². The summed E-state index contributed by atoms with van der Waals surface area (Å²) in [6, 6.07) is 16.3. The standard InChI is InChI=1S/C30H29N5O3/c1-18-15-21(34-30(36)37-19(2)20-7-8-20)9-11-24(18)28-26(17-31)25-12-10-23(38-29-32-13-4-14-33-29)16-27(25)35(28)22-5-3-6-22/h4,9-16,19-20,22H,3,5-8H2,1-2H3,(H,34,36)/t19-/m1/s1. The molecule has 0 radical (unpaired) electrons. The summed E-state index contributed by atoms with van der Waals surface area (Å²) < 4.78 is 13.7. The van der Waals surface area contributed by atoms with Gasteiger partial charge in [-0.05, 0) is 87.8 Å². The van der Waals surface area contributed by atoms with E-state index < -0.39 is 6.09 Å². The van der Waals surface area contributed by atoms with Gasteiger partial charge in [-0.15, -0.1) is 0 Å². The summed E-state index contributed by atoms with van der Waals surface area (Å²) in [5.41, 5.74) is 5.08. The normalized spacial score (nSPS) is 15.9. The van der Waals surface area contributed by atoms with E-state index in [2.05, 4.69) is 25.9 Å². The summed E-state index contributed by atoms with van der Waals surface area (Å²) in [6.07, 6.45) is 8.26. The van der Waals surface area contributed by atoms with Crippen LogP contribution in [0.1, 0.15) is 56.2 Å². The van der Waals surface area contributed by atoms with Gasteiger partial charge in [0.15, 0.2) is 0 Å². The summed E-state index contributed by atoms with van der Waals surface area (Å²) >= 11 is 0. The largest absolute Gasteiger partial charge is 0.446 e.